The van der Waals surface area contributed by atoms with Crippen molar-refractivity contribution in [3.05, 3.63) is 47.3 Å². The minimum atomic E-state index is -0.225. The third-order valence-corrected chi connectivity index (χ3v) is 4.91. The standard InChI is InChI=1S/C19H27FN6.HI/c1-14-24-25-18(26(14)2)13-22-19(23-16-9-4-3-5-10-16)21-12-15-8-6-7-11-17(15)20;/h6-8,11,16H,3-5,9-10,12-13H2,1-2H3,(H2,21,22,23);1H. The van der Waals surface area contributed by atoms with Gasteiger partial charge in [0, 0.05) is 18.7 Å². The van der Waals surface area contributed by atoms with E-state index in [1.165, 1.54) is 25.3 Å². The van der Waals surface area contributed by atoms with Crippen molar-refractivity contribution in [2.75, 3.05) is 0 Å². The van der Waals surface area contributed by atoms with Gasteiger partial charge in [-0.3, -0.25) is 0 Å². The molecule has 0 spiro atoms. The quantitative estimate of drug-likeness (QED) is 0.386. The number of hydrogen-bond donors (Lipinski definition) is 2. The van der Waals surface area contributed by atoms with E-state index < -0.39 is 0 Å². The summed E-state index contributed by atoms with van der Waals surface area (Å²) in [4.78, 5) is 4.60. The van der Waals surface area contributed by atoms with E-state index in [1.807, 2.05) is 24.6 Å². The normalized spacial score (nSPS) is 15.3. The van der Waals surface area contributed by atoms with Gasteiger partial charge in [-0.05, 0) is 25.8 Å². The molecule has 0 unspecified atom stereocenters. The summed E-state index contributed by atoms with van der Waals surface area (Å²) in [5.74, 6) is 2.18. The summed E-state index contributed by atoms with van der Waals surface area (Å²) in [5, 5.41) is 15.1. The fourth-order valence-corrected chi connectivity index (χ4v) is 3.15. The summed E-state index contributed by atoms with van der Waals surface area (Å²) in [6.45, 7) is 2.74. The predicted octanol–water partition coefficient (Wildman–Crippen LogP) is 3.45. The lowest BCUT2D eigenvalue weighted by Crippen LogP contribution is -2.44. The number of nitrogens with zero attached hydrogens (tertiary/aromatic N) is 4. The molecule has 0 radical (unpaired) electrons. The van der Waals surface area contributed by atoms with Crippen molar-refractivity contribution < 1.29 is 4.39 Å². The molecule has 27 heavy (non-hydrogen) atoms. The van der Waals surface area contributed by atoms with Crippen LogP contribution in [0.4, 0.5) is 4.39 Å². The molecule has 0 aliphatic heterocycles. The summed E-state index contributed by atoms with van der Waals surface area (Å²) in [6.07, 6.45) is 6.06. The highest BCUT2D eigenvalue weighted by molar-refractivity contribution is 14.0. The zero-order chi connectivity index (χ0) is 18.4. The first kappa shape index (κ1) is 21.6. The second-order valence-electron chi connectivity index (χ2n) is 6.81. The Kier molecular flexibility index (Phi) is 8.46. The van der Waals surface area contributed by atoms with Crippen LogP contribution in [0.5, 0.6) is 0 Å². The van der Waals surface area contributed by atoms with Gasteiger partial charge in [-0.25, -0.2) is 9.38 Å². The third-order valence-electron chi connectivity index (χ3n) is 4.91. The van der Waals surface area contributed by atoms with Crippen molar-refractivity contribution in [2.45, 2.75) is 58.2 Å². The van der Waals surface area contributed by atoms with E-state index in [0.717, 1.165) is 24.5 Å². The lowest BCUT2D eigenvalue weighted by Gasteiger charge is -2.25. The highest BCUT2D eigenvalue weighted by Gasteiger charge is 2.15. The first-order valence-electron chi connectivity index (χ1n) is 9.26. The summed E-state index contributed by atoms with van der Waals surface area (Å²) in [6, 6.07) is 7.17. The molecule has 2 N–H and O–H groups in total. The molecule has 1 aliphatic rings. The van der Waals surface area contributed by atoms with Crippen molar-refractivity contribution in [3.63, 3.8) is 0 Å². The molecule has 0 bridgehead atoms. The molecule has 2 aromatic rings. The molecular formula is C19H28FIN6. The number of rotatable bonds is 5. The molecule has 1 fully saturated rings. The van der Waals surface area contributed by atoms with Gasteiger partial charge >= 0.3 is 0 Å². The number of aliphatic imine (C=N–C) groups is 1. The maximum Gasteiger partial charge on any atom is 0.192 e. The molecule has 0 saturated heterocycles. The molecule has 1 saturated carbocycles. The second kappa shape index (κ2) is 10.6. The van der Waals surface area contributed by atoms with Crippen LogP contribution in [0.1, 0.15) is 49.3 Å². The Morgan fingerprint density at radius 1 is 1.22 bits per heavy atom. The third kappa shape index (κ3) is 6.15. The Morgan fingerprint density at radius 2 is 1.96 bits per heavy atom. The second-order valence-corrected chi connectivity index (χ2v) is 6.81. The Bertz CT molecular complexity index is 754. The summed E-state index contributed by atoms with van der Waals surface area (Å²) >= 11 is 0. The monoisotopic (exact) mass is 486 g/mol. The number of guanidine groups is 1. The van der Waals surface area contributed by atoms with Gasteiger partial charge in [-0.1, -0.05) is 37.5 Å². The number of benzene rings is 1. The van der Waals surface area contributed by atoms with Gasteiger partial charge < -0.3 is 15.2 Å². The summed E-state index contributed by atoms with van der Waals surface area (Å²) in [5.41, 5.74) is 0.590. The molecule has 1 aliphatic carbocycles. The minimum absolute atomic E-state index is 0. The van der Waals surface area contributed by atoms with Crippen LogP contribution in [0, 0.1) is 12.7 Å². The van der Waals surface area contributed by atoms with E-state index >= 15 is 0 Å². The lowest BCUT2D eigenvalue weighted by atomic mass is 9.96. The van der Waals surface area contributed by atoms with Crippen LogP contribution in [-0.4, -0.2) is 26.8 Å². The highest BCUT2D eigenvalue weighted by Crippen LogP contribution is 2.17. The molecule has 1 heterocycles. The Labute approximate surface area is 177 Å². The van der Waals surface area contributed by atoms with Crippen molar-refractivity contribution in [3.8, 4) is 0 Å². The summed E-state index contributed by atoms with van der Waals surface area (Å²) in [7, 11) is 1.94. The minimum Gasteiger partial charge on any atom is -0.354 e. The van der Waals surface area contributed by atoms with Gasteiger partial charge in [0.25, 0.3) is 0 Å². The van der Waals surface area contributed by atoms with E-state index in [9.17, 15) is 4.39 Å². The van der Waals surface area contributed by atoms with E-state index in [-0.39, 0.29) is 29.8 Å². The SMILES string of the molecule is Cc1nnc(CNC(=NCc2ccccc2F)NC2CCCCC2)n1C.I. The number of nitrogens with one attached hydrogen (secondary N) is 2. The van der Waals surface area contributed by atoms with Crippen LogP contribution in [0.15, 0.2) is 29.3 Å². The molecule has 1 aromatic carbocycles. The average Bonchev–Trinajstić information content (AvgIpc) is 2.98. The van der Waals surface area contributed by atoms with E-state index in [1.54, 1.807) is 12.1 Å². The zero-order valence-corrected chi connectivity index (χ0v) is 18.2. The van der Waals surface area contributed by atoms with Crippen LogP contribution in [0.2, 0.25) is 0 Å². The highest BCUT2D eigenvalue weighted by atomic mass is 127. The van der Waals surface area contributed by atoms with E-state index in [4.69, 9.17) is 0 Å². The summed E-state index contributed by atoms with van der Waals surface area (Å²) < 4.78 is 15.8. The first-order valence-corrected chi connectivity index (χ1v) is 9.26. The largest absolute Gasteiger partial charge is 0.354 e. The van der Waals surface area contributed by atoms with Crippen molar-refractivity contribution in [1.29, 1.82) is 0 Å². The van der Waals surface area contributed by atoms with E-state index in [0.29, 0.717) is 30.7 Å². The first-order chi connectivity index (χ1) is 12.6. The molecular weight excluding hydrogens is 458 g/mol. The Balaban J connectivity index is 0.00000261. The van der Waals surface area contributed by atoms with Gasteiger partial charge in [-0.15, -0.1) is 34.2 Å². The van der Waals surface area contributed by atoms with Gasteiger partial charge in [0.1, 0.15) is 11.6 Å². The zero-order valence-electron chi connectivity index (χ0n) is 15.9. The molecule has 148 valence electrons. The number of aromatic nitrogens is 3. The van der Waals surface area contributed by atoms with Crippen LogP contribution < -0.4 is 10.6 Å². The van der Waals surface area contributed by atoms with E-state index in [2.05, 4.69) is 25.8 Å². The van der Waals surface area contributed by atoms with Gasteiger partial charge in [-0.2, -0.15) is 0 Å². The smallest absolute Gasteiger partial charge is 0.192 e. The van der Waals surface area contributed by atoms with Gasteiger partial charge in [0.15, 0.2) is 11.8 Å². The molecule has 6 nitrogen and oxygen atoms in total. The predicted molar refractivity (Wildman–Crippen MR) is 116 cm³/mol. The van der Waals surface area contributed by atoms with Crippen molar-refractivity contribution in [2.24, 2.45) is 12.0 Å². The maximum absolute atomic E-state index is 13.9. The number of aryl methyl sites for hydroxylation is 1. The fraction of sp³-hybridized carbons (Fsp3) is 0.526. The fourth-order valence-electron chi connectivity index (χ4n) is 3.15. The number of hydrogen-bond acceptors (Lipinski definition) is 3. The Hall–Kier alpha value is -1.71. The molecule has 0 atom stereocenters. The topological polar surface area (TPSA) is 67.1 Å². The van der Waals surface area contributed by atoms with Crippen molar-refractivity contribution in [1.82, 2.24) is 25.4 Å². The van der Waals surface area contributed by atoms with Crippen LogP contribution in [0.3, 0.4) is 0 Å². The molecule has 0 amide bonds. The lowest BCUT2D eigenvalue weighted by molar-refractivity contribution is 0.409. The van der Waals surface area contributed by atoms with Gasteiger partial charge in [0.2, 0.25) is 0 Å². The maximum atomic E-state index is 13.9. The van der Waals surface area contributed by atoms with Crippen molar-refractivity contribution >= 4 is 29.9 Å². The molecule has 1 aromatic heterocycles. The number of halogens is 2. The van der Waals surface area contributed by atoms with Crippen LogP contribution in [0.25, 0.3) is 0 Å². The van der Waals surface area contributed by atoms with Gasteiger partial charge in [0.05, 0.1) is 13.1 Å². The average molecular weight is 486 g/mol. The molecule has 3 rings (SSSR count). The van der Waals surface area contributed by atoms with Crippen LogP contribution in [-0.2, 0) is 20.1 Å². The van der Waals surface area contributed by atoms with Crippen LogP contribution >= 0.6 is 24.0 Å². The molecule has 8 heteroatoms. The Morgan fingerprint density at radius 3 is 2.63 bits per heavy atom.